The van der Waals surface area contributed by atoms with Crippen LogP contribution in [0.15, 0.2) is 24.3 Å². The first-order valence-corrected chi connectivity index (χ1v) is 32.5. The third kappa shape index (κ3) is 59.3. The van der Waals surface area contributed by atoms with Crippen LogP contribution in [0.4, 0.5) is 0 Å². The highest BCUT2D eigenvalue weighted by Crippen LogP contribution is 2.18. The molecule has 0 aromatic heterocycles. The van der Waals surface area contributed by atoms with Gasteiger partial charge in [-0.3, -0.25) is 9.59 Å². The van der Waals surface area contributed by atoms with Crippen molar-refractivity contribution < 1.29 is 42.9 Å². The van der Waals surface area contributed by atoms with E-state index >= 15 is 0 Å². The molecule has 0 fully saturated rings. The Bertz CT molecular complexity index is 1280. The summed E-state index contributed by atoms with van der Waals surface area (Å²) in [6.07, 6.45) is 67.2. The molecule has 0 radical (unpaired) electrons. The zero-order chi connectivity index (χ0) is 54.8. The van der Waals surface area contributed by atoms with Gasteiger partial charge in [-0.25, -0.2) is 4.79 Å². The first kappa shape index (κ1) is 72.8. The zero-order valence-corrected chi connectivity index (χ0v) is 50.5. The minimum absolute atomic E-state index is 0.180. The van der Waals surface area contributed by atoms with Crippen molar-refractivity contribution in [3.05, 3.63) is 24.3 Å². The van der Waals surface area contributed by atoms with Gasteiger partial charge >= 0.3 is 17.9 Å². The highest BCUT2D eigenvalue weighted by Gasteiger charge is 2.25. The summed E-state index contributed by atoms with van der Waals surface area (Å²) in [7, 11) is 5.98. The molecule has 0 spiro atoms. The molecule has 0 aromatic carbocycles. The summed E-state index contributed by atoms with van der Waals surface area (Å²) in [5, 5.41) is 9.71. The fraction of sp³-hybridized carbons (Fsp3) is 0.894. The minimum Gasteiger partial charge on any atom is -0.477 e. The third-order valence-electron chi connectivity index (χ3n) is 14.7. The highest BCUT2D eigenvalue weighted by atomic mass is 16.7. The molecule has 0 saturated heterocycles. The van der Waals surface area contributed by atoms with Crippen molar-refractivity contribution in [2.75, 3.05) is 47.5 Å². The Labute approximate surface area is 465 Å². The lowest BCUT2D eigenvalue weighted by Gasteiger charge is -2.25. The first-order chi connectivity index (χ1) is 36.6. The normalized spacial score (nSPS) is 12.8. The van der Waals surface area contributed by atoms with Crippen LogP contribution in [-0.2, 0) is 33.3 Å². The summed E-state index contributed by atoms with van der Waals surface area (Å²) in [5.41, 5.74) is 0. The van der Waals surface area contributed by atoms with E-state index in [0.717, 1.165) is 51.4 Å². The SMILES string of the molecule is CCCCC/C=C\C/C=C\CCCCCCCCCC(=O)OC(COC(=O)CCCCCCCCCCCCCCCCCCCCCCCCCCCCCCCCCCC)COC(OCC[N+](C)(C)C)C(=O)O. The number of nitrogens with zero attached hydrogens (tertiary/aromatic N) is 1. The lowest BCUT2D eigenvalue weighted by molar-refractivity contribution is -0.870. The number of likely N-dealkylation sites (N-methyl/N-ethyl adjacent to an activating group) is 1. The Morgan fingerprint density at radius 2 is 0.720 bits per heavy atom. The Kier molecular flexibility index (Phi) is 56.2. The van der Waals surface area contributed by atoms with E-state index < -0.39 is 24.3 Å². The maximum Gasteiger partial charge on any atom is 0.361 e. The minimum atomic E-state index is -1.51. The highest BCUT2D eigenvalue weighted by molar-refractivity contribution is 5.71. The van der Waals surface area contributed by atoms with Crippen molar-refractivity contribution in [3.63, 3.8) is 0 Å². The fourth-order valence-electron chi connectivity index (χ4n) is 9.70. The van der Waals surface area contributed by atoms with Crippen molar-refractivity contribution >= 4 is 17.9 Å². The Balaban J connectivity index is 4.02. The Hall–Kier alpha value is -2.23. The second kappa shape index (κ2) is 57.9. The molecule has 0 aromatic rings. The molecule has 0 rings (SSSR count). The van der Waals surface area contributed by atoms with Gasteiger partial charge in [0.1, 0.15) is 13.2 Å². The van der Waals surface area contributed by atoms with Crippen LogP contribution < -0.4 is 0 Å². The molecule has 2 atom stereocenters. The lowest BCUT2D eigenvalue weighted by atomic mass is 10.0. The van der Waals surface area contributed by atoms with E-state index in [2.05, 4.69) is 38.2 Å². The van der Waals surface area contributed by atoms with Gasteiger partial charge in [0.25, 0.3) is 6.29 Å². The number of unbranched alkanes of at least 4 members (excludes halogenated alkanes) is 42. The summed E-state index contributed by atoms with van der Waals surface area (Å²) < 4.78 is 22.9. The molecule has 75 heavy (non-hydrogen) atoms. The number of ether oxygens (including phenoxy) is 4. The van der Waals surface area contributed by atoms with Gasteiger partial charge in [-0.1, -0.05) is 289 Å². The van der Waals surface area contributed by atoms with Gasteiger partial charge in [-0.2, -0.15) is 0 Å². The topological polar surface area (TPSA) is 108 Å². The smallest absolute Gasteiger partial charge is 0.361 e. The van der Waals surface area contributed by atoms with Crippen LogP contribution in [0.1, 0.15) is 322 Å². The molecule has 442 valence electrons. The van der Waals surface area contributed by atoms with Crippen molar-refractivity contribution in [1.82, 2.24) is 0 Å². The summed E-state index contributed by atoms with van der Waals surface area (Å²) in [4.78, 5) is 37.5. The van der Waals surface area contributed by atoms with Gasteiger partial charge in [0.15, 0.2) is 6.10 Å². The number of quaternary nitrogens is 1. The van der Waals surface area contributed by atoms with Gasteiger partial charge < -0.3 is 28.5 Å². The monoisotopic (exact) mass is 1060 g/mol. The number of aliphatic carboxylic acids is 1. The van der Waals surface area contributed by atoms with Crippen LogP contribution in [0.3, 0.4) is 0 Å². The second-order valence-electron chi connectivity index (χ2n) is 23.4. The number of esters is 2. The predicted molar refractivity (Wildman–Crippen MR) is 318 cm³/mol. The third-order valence-corrected chi connectivity index (χ3v) is 14.7. The number of carbonyl (C=O) groups is 3. The number of carbonyl (C=O) groups excluding carboxylic acids is 2. The number of rotatable bonds is 61. The van der Waals surface area contributed by atoms with E-state index in [4.69, 9.17) is 18.9 Å². The van der Waals surface area contributed by atoms with Crippen molar-refractivity contribution in [3.8, 4) is 0 Å². The van der Waals surface area contributed by atoms with Gasteiger partial charge in [-0.15, -0.1) is 0 Å². The predicted octanol–water partition coefficient (Wildman–Crippen LogP) is 19.5. The van der Waals surface area contributed by atoms with Gasteiger partial charge in [0.2, 0.25) is 0 Å². The molecule has 0 amide bonds. The molecule has 1 N–H and O–H groups in total. The van der Waals surface area contributed by atoms with E-state index in [1.165, 1.54) is 238 Å². The van der Waals surface area contributed by atoms with E-state index in [-0.39, 0.29) is 32.2 Å². The Morgan fingerprint density at radius 1 is 0.400 bits per heavy atom. The summed E-state index contributed by atoms with van der Waals surface area (Å²) in [6, 6.07) is 0. The maximum absolute atomic E-state index is 12.9. The zero-order valence-electron chi connectivity index (χ0n) is 50.5. The molecule has 0 aliphatic heterocycles. The molecule has 2 unspecified atom stereocenters. The molecule has 9 heteroatoms. The quantitative estimate of drug-likeness (QED) is 0.0211. The molecule has 0 aliphatic carbocycles. The van der Waals surface area contributed by atoms with Crippen molar-refractivity contribution in [2.24, 2.45) is 0 Å². The molecule has 0 saturated carbocycles. The van der Waals surface area contributed by atoms with Crippen LogP contribution in [0, 0.1) is 0 Å². The van der Waals surface area contributed by atoms with E-state index in [0.29, 0.717) is 23.9 Å². The van der Waals surface area contributed by atoms with Gasteiger partial charge in [-0.05, 0) is 44.9 Å². The van der Waals surface area contributed by atoms with Crippen LogP contribution in [0.2, 0.25) is 0 Å². The molecule has 0 bridgehead atoms. The van der Waals surface area contributed by atoms with Gasteiger partial charge in [0.05, 0.1) is 34.4 Å². The summed E-state index contributed by atoms with van der Waals surface area (Å²) in [5.74, 6) is -1.99. The van der Waals surface area contributed by atoms with Crippen LogP contribution in [0.5, 0.6) is 0 Å². The molecular formula is C66H126NO8+. The van der Waals surface area contributed by atoms with Crippen molar-refractivity contribution in [2.45, 2.75) is 334 Å². The fourth-order valence-corrected chi connectivity index (χ4v) is 9.70. The average Bonchev–Trinajstić information content (AvgIpc) is 3.38. The van der Waals surface area contributed by atoms with Crippen LogP contribution >= 0.6 is 0 Å². The number of carboxylic acids is 1. The first-order valence-electron chi connectivity index (χ1n) is 32.5. The van der Waals surface area contributed by atoms with Crippen LogP contribution in [0.25, 0.3) is 0 Å². The van der Waals surface area contributed by atoms with Gasteiger partial charge in [0, 0.05) is 12.8 Å². The number of hydrogen-bond donors (Lipinski definition) is 1. The van der Waals surface area contributed by atoms with Crippen LogP contribution in [-0.4, -0.2) is 87.4 Å². The van der Waals surface area contributed by atoms with E-state index in [1.807, 2.05) is 21.1 Å². The van der Waals surface area contributed by atoms with E-state index in [9.17, 15) is 19.5 Å². The lowest BCUT2D eigenvalue weighted by Crippen LogP contribution is -2.40. The molecule has 0 aliphatic rings. The second-order valence-corrected chi connectivity index (χ2v) is 23.4. The molecule has 9 nitrogen and oxygen atoms in total. The van der Waals surface area contributed by atoms with Crippen molar-refractivity contribution in [1.29, 1.82) is 0 Å². The Morgan fingerprint density at radius 3 is 1.08 bits per heavy atom. The molecular weight excluding hydrogens is 935 g/mol. The number of allylic oxidation sites excluding steroid dienone is 4. The maximum atomic E-state index is 12.9. The summed E-state index contributed by atoms with van der Waals surface area (Å²) in [6.45, 7) is 4.90. The largest absolute Gasteiger partial charge is 0.477 e. The average molecular weight is 1060 g/mol. The van der Waals surface area contributed by atoms with E-state index in [1.54, 1.807) is 0 Å². The summed E-state index contributed by atoms with van der Waals surface area (Å²) >= 11 is 0. The number of carboxylic acid groups (broad SMARTS) is 1. The molecule has 0 heterocycles. The number of hydrogen-bond acceptors (Lipinski definition) is 7. The standard InChI is InChI=1S/C66H125NO8/c1-6-8-10-12-14-16-18-20-22-24-25-26-27-28-29-30-31-32-33-34-35-36-37-38-39-41-42-44-46-48-50-52-54-56-63(68)73-60-62(61-74-66(65(70)71)72-59-58-67(3,4)5)75-64(69)57-55-53-51-49-47-45-43-40-23-21-19-17-15-13-11-9-7-2/h15,17,21,23,62,66H,6-14,16,18-20,22,24-61H2,1-5H3/p+1/b17-15-,23-21-.